The highest BCUT2D eigenvalue weighted by Crippen LogP contribution is 2.30. The molecular formula is C28H32N8O5S. The van der Waals surface area contributed by atoms with Gasteiger partial charge in [0.1, 0.15) is 4.88 Å². The van der Waals surface area contributed by atoms with Gasteiger partial charge in [0.15, 0.2) is 0 Å². The summed E-state index contributed by atoms with van der Waals surface area (Å²) in [5.74, 6) is -0.657. The second-order valence-electron chi connectivity index (χ2n) is 10.2. The van der Waals surface area contributed by atoms with Crippen molar-refractivity contribution in [2.45, 2.75) is 19.8 Å². The average Bonchev–Trinajstić information content (AvgIpc) is 3.17. The Balaban J connectivity index is 1.40. The van der Waals surface area contributed by atoms with E-state index in [-0.39, 0.29) is 23.1 Å². The summed E-state index contributed by atoms with van der Waals surface area (Å²) in [5, 5.41) is 21.2. The van der Waals surface area contributed by atoms with Crippen molar-refractivity contribution in [3.63, 3.8) is 0 Å². The van der Waals surface area contributed by atoms with Crippen LogP contribution in [-0.4, -0.2) is 94.4 Å². The van der Waals surface area contributed by atoms with Gasteiger partial charge in [-0.25, -0.2) is 0 Å². The Hall–Kier alpha value is -4.43. The average molecular weight is 593 g/mol. The van der Waals surface area contributed by atoms with E-state index in [9.17, 15) is 24.5 Å². The fourth-order valence-corrected chi connectivity index (χ4v) is 5.76. The molecule has 2 aliphatic rings. The zero-order chi connectivity index (χ0) is 29.6. The number of nitro benzene ring substituents is 1. The van der Waals surface area contributed by atoms with E-state index in [0.29, 0.717) is 74.1 Å². The Kier molecular flexibility index (Phi) is 9.03. The number of nitro groups is 1. The zero-order valence-electron chi connectivity index (χ0n) is 23.2. The second kappa shape index (κ2) is 13.0. The third-order valence-corrected chi connectivity index (χ3v) is 8.24. The largest absolute Gasteiger partial charge is 0.368 e. The molecule has 0 atom stereocenters. The summed E-state index contributed by atoms with van der Waals surface area (Å²) in [6, 6.07) is 10.7. The Morgan fingerprint density at radius 1 is 0.905 bits per heavy atom. The number of hydrogen-bond acceptors (Lipinski definition) is 10. The van der Waals surface area contributed by atoms with Gasteiger partial charge in [-0.15, -0.1) is 5.10 Å². The molecule has 2 N–H and O–H groups in total. The molecule has 0 saturated carbocycles. The number of nitrogens with zero attached hydrogens (tertiary/aromatic N) is 6. The molecule has 0 aliphatic carbocycles. The maximum Gasteiger partial charge on any atom is 0.269 e. The number of amides is 3. The third-order valence-electron chi connectivity index (χ3n) is 7.43. The third kappa shape index (κ3) is 6.55. The molecule has 5 rings (SSSR count). The molecule has 13 nitrogen and oxygen atoms in total. The van der Waals surface area contributed by atoms with Crippen molar-refractivity contribution in [3.05, 3.63) is 74.3 Å². The summed E-state index contributed by atoms with van der Waals surface area (Å²) in [6.07, 6.45) is 1.56. The van der Waals surface area contributed by atoms with Crippen LogP contribution in [0.3, 0.4) is 0 Å². The number of aryl methyl sites for hydroxylation is 1. The van der Waals surface area contributed by atoms with Crippen molar-refractivity contribution >= 4 is 46.3 Å². The number of carbonyl (C=O) groups is 3. The van der Waals surface area contributed by atoms with Crippen LogP contribution in [0, 0.1) is 17.0 Å². The van der Waals surface area contributed by atoms with Crippen molar-refractivity contribution in [2.75, 3.05) is 62.6 Å². The number of carbonyl (C=O) groups excluding carboxylic acids is 3. The molecule has 3 amide bonds. The van der Waals surface area contributed by atoms with Crippen LogP contribution in [0.2, 0.25) is 0 Å². The maximum absolute atomic E-state index is 13.4. The Morgan fingerprint density at radius 3 is 2.38 bits per heavy atom. The van der Waals surface area contributed by atoms with Gasteiger partial charge in [-0.3, -0.25) is 24.5 Å². The van der Waals surface area contributed by atoms with Crippen molar-refractivity contribution in [3.8, 4) is 0 Å². The number of hydrogen-bond donors (Lipinski definition) is 2. The molecule has 0 radical (unpaired) electrons. The lowest BCUT2D eigenvalue weighted by Crippen LogP contribution is -2.35. The zero-order valence-corrected chi connectivity index (χ0v) is 24.1. The number of anilines is 2. The minimum absolute atomic E-state index is 0.0936. The highest BCUT2D eigenvalue weighted by atomic mass is 32.1. The quantitative estimate of drug-likeness (QED) is 0.325. The van der Waals surface area contributed by atoms with Gasteiger partial charge < -0.3 is 25.3 Å². The van der Waals surface area contributed by atoms with Gasteiger partial charge in [0.2, 0.25) is 0 Å². The lowest BCUT2D eigenvalue weighted by atomic mass is 10.1. The van der Waals surface area contributed by atoms with E-state index in [1.54, 1.807) is 24.0 Å². The van der Waals surface area contributed by atoms with Gasteiger partial charge in [-0.05, 0) is 68.2 Å². The molecule has 220 valence electrons. The van der Waals surface area contributed by atoms with E-state index in [2.05, 4.69) is 25.1 Å². The van der Waals surface area contributed by atoms with E-state index in [1.807, 2.05) is 11.0 Å². The first-order valence-corrected chi connectivity index (χ1v) is 14.6. The summed E-state index contributed by atoms with van der Waals surface area (Å²) in [7, 11) is 0. The molecule has 14 heteroatoms. The summed E-state index contributed by atoms with van der Waals surface area (Å²) in [5.41, 5.74) is 2.40. The first-order valence-electron chi connectivity index (χ1n) is 13.8. The van der Waals surface area contributed by atoms with Gasteiger partial charge in [0, 0.05) is 69.1 Å². The van der Waals surface area contributed by atoms with Crippen molar-refractivity contribution in [2.24, 2.45) is 0 Å². The summed E-state index contributed by atoms with van der Waals surface area (Å²) in [4.78, 5) is 56.5. The van der Waals surface area contributed by atoms with E-state index in [1.165, 1.54) is 24.3 Å². The van der Waals surface area contributed by atoms with Crippen LogP contribution < -0.4 is 15.5 Å². The summed E-state index contributed by atoms with van der Waals surface area (Å²) in [6.45, 7) is 6.76. The van der Waals surface area contributed by atoms with Gasteiger partial charge in [-0.1, -0.05) is 4.49 Å². The lowest BCUT2D eigenvalue weighted by molar-refractivity contribution is -0.384. The molecule has 2 aromatic carbocycles. The van der Waals surface area contributed by atoms with Crippen LogP contribution in [0.15, 0.2) is 42.5 Å². The predicted octanol–water partition coefficient (Wildman–Crippen LogP) is 2.80. The Bertz CT molecular complexity index is 1470. The smallest absolute Gasteiger partial charge is 0.269 e. The van der Waals surface area contributed by atoms with Crippen molar-refractivity contribution in [1.82, 2.24) is 24.7 Å². The first-order chi connectivity index (χ1) is 20.3. The SMILES string of the molecule is Cc1nnsc1C(=O)N1CCCN(c2ccc(C(=O)N3CCCNCC3)cc2NC(=O)c2ccc([N+](=O)[O-])cc2)CC1. The second-order valence-corrected chi connectivity index (χ2v) is 11.0. The molecule has 2 saturated heterocycles. The molecule has 2 fully saturated rings. The molecule has 3 aromatic rings. The number of non-ortho nitro benzene ring substituents is 1. The fourth-order valence-electron chi connectivity index (χ4n) is 5.14. The number of aromatic nitrogens is 2. The minimum atomic E-state index is -0.520. The van der Waals surface area contributed by atoms with Crippen molar-refractivity contribution < 1.29 is 19.3 Å². The van der Waals surface area contributed by atoms with Crippen LogP contribution in [0.1, 0.15) is 48.9 Å². The molecule has 2 aliphatic heterocycles. The fraction of sp³-hybridized carbons (Fsp3) is 0.393. The standard InChI is InChI=1S/C28H32N8O5S/c1-19-25(42-32-31-19)28(39)35-14-3-13-33(16-17-35)24-9-6-21(27(38)34-12-2-10-29-11-15-34)18-23(24)30-26(37)20-4-7-22(8-5-20)36(40)41/h4-9,18,29H,2-3,10-17H2,1H3,(H,30,37). The minimum Gasteiger partial charge on any atom is -0.368 e. The molecule has 0 bridgehead atoms. The summed E-state index contributed by atoms with van der Waals surface area (Å²) >= 11 is 1.09. The van der Waals surface area contributed by atoms with Gasteiger partial charge in [0.05, 0.1) is 22.0 Å². The van der Waals surface area contributed by atoms with Crippen LogP contribution in [0.25, 0.3) is 0 Å². The van der Waals surface area contributed by atoms with E-state index >= 15 is 0 Å². The first kappa shape index (κ1) is 29.1. The van der Waals surface area contributed by atoms with Gasteiger partial charge in [-0.2, -0.15) is 0 Å². The normalized spacial score (nSPS) is 16.0. The molecule has 0 unspecified atom stereocenters. The Morgan fingerprint density at radius 2 is 1.64 bits per heavy atom. The maximum atomic E-state index is 13.4. The molecule has 42 heavy (non-hydrogen) atoms. The van der Waals surface area contributed by atoms with E-state index in [4.69, 9.17) is 0 Å². The van der Waals surface area contributed by atoms with Crippen LogP contribution in [0.4, 0.5) is 17.1 Å². The van der Waals surface area contributed by atoms with Crippen molar-refractivity contribution in [1.29, 1.82) is 0 Å². The number of rotatable bonds is 6. The Labute approximate surface area is 246 Å². The van der Waals surface area contributed by atoms with Crippen LogP contribution >= 0.6 is 11.5 Å². The van der Waals surface area contributed by atoms with E-state index in [0.717, 1.165) is 30.2 Å². The summed E-state index contributed by atoms with van der Waals surface area (Å²) < 4.78 is 3.89. The van der Waals surface area contributed by atoms with Gasteiger partial charge >= 0.3 is 0 Å². The molecule has 1 aromatic heterocycles. The number of nitrogens with one attached hydrogen (secondary N) is 2. The number of benzene rings is 2. The topological polar surface area (TPSA) is 154 Å². The van der Waals surface area contributed by atoms with Crippen LogP contribution in [0.5, 0.6) is 0 Å². The monoisotopic (exact) mass is 592 g/mol. The van der Waals surface area contributed by atoms with Crippen LogP contribution in [-0.2, 0) is 0 Å². The molecule has 0 spiro atoms. The van der Waals surface area contributed by atoms with Gasteiger partial charge in [0.25, 0.3) is 23.4 Å². The molecule has 3 heterocycles. The lowest BCUT2D eigenvalue weighted by Gasteiger charge is -2.27. The predicted molar refractivity (Wildman–Crippen MR) is 158 cm³/mol. The van der Waals surface area contributed by atoms with E-state index < -0.39 is 10.8 Å². The highest BCUT2D eigenvalue weighted by molar-refractivity contribution is 7.07. The highest BCUT2D eigenvalue weighted by Gasteiger charge is 2.26. The molecular weight excluding hydrogens is 560 g/mol.